The van der Waals surface area contributed by atoms with E-state index in [-0.39, 0.29) is 11.9 Å². The highest BCUT2D eigenvalue weighted by Crippen LogP contribution is 2.11. The van der Waals surface area contributed by atoms with Gasteiger partial charge in [0.1, 0.15) is 11.5 Å². The van der Waals surface area contributed by atoms with E-state index in [0.29, 0.717) is 11.5 Å². The van der Waals surface area contributed by atoms with Gasteiger partial charge in [0, 0.05) is 19.6 Å². The molecule has 0 saturated heterocycles. The fourth-order valence-corrected chi connectivity index (χ4v) is 1.92. The van der Waals surface area contributed by atoms with E-state index >= 15 is 0 Å². The van der Waals surface area contributed by atoms with Crippen LogP contribution in [0.3, 0.4) is 0 Å². The fraction of sp³-hybridized carbons (Fsp3) is 0.615. The quantitative estimate of drug-likeness (QED) is 0.840. The second-order valence-electron chi connectivity index (χ2n) is 4.21. The number of carbonyl (C=O) groups is 1. The van der Waals surface area contributed by atoms with Gasteiger partial charge in [0.25, 0.3) is 5.91 Å². The maximum Gasteiger partial charge on any atom is 0.274 e. The van der Waals surface area contributed by atoms with E-state index in [0.717, 1.165) is 19.4 Å². The topological polar surface area (TPSA) is 58.1 Å². The molecule has 1 amide bonds. The number of carbonyl (C=O) groups excluding carboxylic acids is 1. The van der Waals surface area contributed by atoms with Crippen LogP contribution in [0.2, 0.25) is 0 Å². The van der Waals surface area contributed by atoms with Gasteiger partial charge in [-0.05, 0) is 19.8 Å². The van der Waals surface area contributed by atoms with Crippen molar-refractivity contribution < 1.29 is 4.79 Å². The Bertz CT molecular complexity index is 390. The Morgan fingerprint density at radius 1 is 1.33 bits per heavy atom. The lowest BCUT2D eigenvalue weighted by molar-refractivity contribution is 0.0717. The molecule has 0 aromatic carbocycles. The van der Waals surface area contributed by atoms with E-state index in [2.05, 4.69) is 29.1 Å². The van der Waals surface area contributed by atoms with E-state index in [1.807, 2.05) is 14.0 Å². The van der Waals surface area contributed by atoms with Gasteiger partial charge in [-0.1, -0.05) is 13.8 Å². The first-order valence-electron chi connectivity index (χ1n) is 6.47. The van der Waals surface area contributed by atoms with Crippen LogP contribution >= 0.6 is 0 Å². The van der Waals surface area contributed by atoms with E-state index < -0.39 is 0 Å². The summed E-state index contributed by atoms with van der Waals surface area (Å²) in [6.07, 6.45) is 5.03. The maximum absolute atomic E-state index is 12.3. The lowest BCUT2D eigenvalue weighted by Crippen LogP contribution is -2.36. The predicted octanol–water partition coefficient (Wildman–Crippen LogP) is 2.17. The molecule has 0 saturated carbocycles. The third kappa shape index (κ3) is 3.42. The minimum absolute atomic E-state index is 0.0732. The van der Waals surface area contributed by atoms with Gasteiger partial charge in [0.15, 0.2) is 0 Å². The van der Waals surface area contributed by atoms with Crippen LogP contribution in [0.5, 0.6) is 0 Å². The third-order valence-electron chi connectivity index (χ3n) is 3.02. The summed E-state index contributed by atoms with van der Waals surface area (Å²) in [7, 11) is 1.82. The molecule has 1 N–H and O–H groups in total. The van der Waals surface area contributed by atoms with Crippen LogP contribution < -0.4 is 5.32 Å². The zero-order valence-corrected chi connectivity index (χ0v) is 11.6. The average molecular weight is 250 g/mol. The Morgan fingerprint density at radius 3 is 2.56 bits per heavy atom. The molecule has 100 valence electrons. The molecule has 18 heavy (non-hydrogen) atoms. The van der Waals surface area contributed by atoms with Crippen molar-refractivity contribution in [2.45, 2.75) is 39.7 Å². The number of nitrogens with one attached hydrogen (secondary N) is 1. The molecule has 0 unspecified atom stereocenters. The minimum Gasteiger partial charge on any atom is -0.369 e. The van der Waals surface area contributed by atoms with Gasteiger partial charge in [0.2, 0.25) is 0 Å². The molecule has 0 atom stereocenters. The molecule has 5 nitrogen and oxygen atoms in total. The fourth-order valence-electron chi connectivity index (χ4n) is 1.92. The number of aromatic nitrogens is 2. The average Bonchev–Trinajstić information content (AvgIpc) is 2.40. The Kier molecular flexibility index (Phi) is 5.55. The normalized spacial score (nSPS) is 10.5. The Balaban J connectivity index is 2.85. The van der Waals surface area contributed by atoms with Gasteiger partial charge in [-0.25, -0.2) is 4.98 Å². The van der Waals surface area contributed by atoms with Crippen LogP contribution in [-0.2, 0) is 0 Å². The van der Waals surface area contributed by atoms with Gasteiger partial charge in [-0.2, -0.15) is 0 Å². The highest BCUT2D eigenvalue weighted by molar-refractivity contribution is 5.92. The van der Waals surface area contributed by atoms with Crippen LogP contribution in [-0.4, -0.2) is 40.4 Å². The highest BCUT2D eigenvalue weighted by atomic mass is 16.2. The minimum atomic E-state index is -0.0732. The molecule has 0 spiro atoms. The molecule has 0 aliphatic carbocycles. The summed E-state index contributed by atoms with van der Waals surface area (Å²) in [5.41, 5.74) is 0.392. The lowest BCUT2D eigenvalue weighted by atomic mass is 10.1. The molecule has 1 aromatic heterocycles. The molecule has 0 aliphatic rings. The Hall–Kier alpha value is -1.65. The van der Waals surface area contributed by atoms with Gasteiger partial charge in [-0.15, -0.1) is 0 Å². The van der Waals surface area contributed by atoms with Crippen molar-refractivity contribution >= 4 is 11.7 Å². The molecule has 0 bridgehead atoms. The van der Waals surface area contributed by atoms with Crippen molar-refractivity contribution in [3.63, 3.8) is 0 Å². The first-order chi connectivity index (χ1) is 8.63. The second kappa shape index (κ2) is 6.93. The molecule has 0 aliphatic heterocycles. The monoisotopic (exact) mass is 250 g/mol. The van der Waals surface area contributed by atoms with Crippen LogP contribution in [0.25, 0.3) is 0 Å². The van der Waals surface area contributed by atoms with E-state index in [9.17, 15) is 4.79 Å². The van der Waals surface area contributed by atoms with E-state index in [1.54, 1.807) is 11.1 Å². The van der Waals surface area contributed by atoms with Crippen LogP contribution in [0, 0.1) is 0 Å². The molecule has 5 heteroatoms. The summed E-state index contributed by atoms with van der Waals surface area (Å²) in [5, 5.41) is 3.05. The van der Waals surface area contributed by atoms with Crippen molar-refractivity contribution in [2.75, 3.05) is 18.9 Å². The Morgan fingerprint density at radius 2 is 2.00 bits per heavy atom. The molecule has 1 rings (SSSR count). The lowest BCUT2D eigenvalue weighted by Gasteiger charge is -2.25. The molecule has 1 heterocycles. The summed E-state index contributed by atoms with van der Waals surface area (Å²) in [4.78, 5) is 22.3. The highest BCUT2D eigenvalue weighted by Gasteiger charge is 2.19. The van der Waals surface area contributed by atoms with Gasteiger partial charge in [-0.3, -0.25) is 9.78 Å². The number of amides is 1. The van der Waals surface area contributed by atoms with E-state index in [1.165, 1.54) is 6.20 Å². The molecule has 0 radical (unpaired) electrons. The van der Waals surface area contributed by atoms with Crippen molar-refractivity contribution in [1.82, 2.24) is 14.9 Å². The van der Waals surface area contributed by atoms with E-state index in [4.69, 9.17) is 0 Å². The number of rotatable bonds is 6. The second-order valence-corrected chi connectivity index (χ2v) is 4.21. The molecular weight excluding hydrogens is 228 g/mol. The molecule has 1 aromatic rings. The van der Waals surface area contributed by atoms with Gasteiger partial charge >= 0.3 is 0 Å². The van der Waals surface area contributed by atoms with Crippen molar-refractivity contribution in [1.29, 1.82) is 0 Å². The maximum atomic E-state index is 12.3. The summed E-state index contributed by atoms with van der Waals surface area (Å²) < 4.78 is 0. The molecule has 0 fully saturated rings. The summed E-state index contributed by atoms with van der Waals surface area (Å²) in [6.45, 7) is 6.90. The van der Waals surface area contributed by atoms with Gasteiger partial charge < -0.3 is 10.2 Å². The summed E-state index contributed by atoms with van der Waals surface area (Å²) in [5.74, 6) is 0.567. The van der Waals surface area contributed by atoms with Crippen molar-refractivity contribution in [2.24, 2.45) is 0 Å². The first kappa shape index (κ1) is 14.4. The SMILES string of the molecule is CCNc1cncc(C(=O)N(C)C(CC)CC)n1. The first-order valence-corrected chi connectivity index (χ1v) is 6.47. The van der Waals surface area contributed by atoms with Crippen LogP contribution in [0.1, 0.15) is 44.1 Å². The zero-order valence-electron chi connectivity index (χ0n) is 11.6. The standard InChI is InChI=1S/C13H22N4O/c1-5-10(6-2)17(4)13(18)11-8-14-9-12(16-11)15-7-3/h8-10H,5-7H2,1-4H3,(H,15,16). The van der Waals surface area contributed by atoms with Crippen LogP contribution in [0.15, 0.2) is 12.4 Å². The number of hydrogen-bond acceptors (Lipinski definition) is 4. The molecular formula is C13H22N4O. The summed E-state index contributed by atoms with van der Waals surface area (Å²) >= 11 is 0. The van der Waals surface area contributed by atoms with Crippen molar-refractivity contribution in [3.8, 4) is 0 Å². The van der Waals surface area contributed by atoms with Gasteiger partial charge in [0.05, 0.1) is 12.4 Å². The smallest absolute Gasteiger partial charge is 0.274 e. The number of hydrogen-bond donors (Lipinski definition) is 1. The Labute approximate surface area is 109 Å². The summed E-state index contributed by atoms with van der Waals surface area (Å²) in [6, 6.07) is 0.252. The van der Waals surface area contributed by atoms with Crippen LogP contribution in [0.4, 0.5) is 5.82 Å². The largest absolute Gasteiger partial charge is 0.369 e. The number of nitrogens with zero attached hydrogens (tertiary/aromatic N) is 3. The zero-order chi connectivity index (χ0) is 13.5. The van der Waals surface area contributed by atoms with Crippen molar-refractivity contribution in [3.05, 3.63) is 18.1 Å². The third-order valence-corrected chi connectivity index (χ3v) is 3.02. The predicted molar refractivity (Wildman–Crippen MR) is 72.7 cm³/mol. The number of anilines is 1.